The summed E-state index contributed by atoms with van der Waals surface area (Å²) < 4.78 is 3.33. The Morgan fingerprint density at radius 1 is 1.15 bits per heavy atom. The van der Waals surface area contributed by atoms with E-state index in [1.54, 1.807) is 34.5 Å². The van der Waals surface area contributed by atoms with E-state index < -0.39 is 0 Å². The molecule has 1 aliphatic heterocycles. The molecule has 1 aliphatic rings. The molecule has 1 fully saturated rings. The number of benzene rings is 1. The number of halogens is 1. The molecule has 9 heteroatoms. The average Bonchev–Trinajstić information content (AvgIpc) is 3.24. The number of pyridine rings is 1. The molecule has 34 heavy (non-hydrogen) atoms. The first-order valence-corrected chi connectivity index (χ1v) is 11.6. The van der Waals surface area contributed by atoms with Crippen LogP contribution in [0, 0.1) is 5.92 Å². The summed E-state index contributed by atoms with van der Waals surface area (Å²) in [5.41, 5.74) is 3.72. The number of anilines is 1. The highest BCUT2D eigenvalue weighted by Crippen LogP contribution is 2.30. The Labute approximate surface area is 201 Å². The first-order chi connectivity index (χ1) is 16.4. The molecule has 1 saturated heterocycles. The van der Waals surface area contributed by atoms with Crippen LogP contribution in [0.1, 0.15) is 24.9 Å². The van der Waals surface area contributed by atoms with E-state index >= 15 is 0 Å². The SMILES string of the molecule is CC[C@H](NC(=O)C1CN(c2ncnn3cc(-c4ccc(=O)n(C)c4)cc23)C1)c1ccc(Cl)cc1. The van der Waals surface area contributed by atoms with Crippen molar-refractivity contribution in [2.45, 2.75) is 19.4 Å². The molecule has 1 atom stereocenters. The van der Waals surface area contributed by atoms with Gasteiger partial charge in [-0.25, -0.2) is 9.50 Å². The number of hydrogen-bond donors (Lipinski definition) is 1. The molecule has 1 N–H and O–H groups in total. The molecule has 0 aliphatic carbocycles. The summed E-state index contributed by atoms with van der Waals surface area (Å²) in [5, 5.41) is 8.19. The average molecular weight is 477 g/mol. The molecule has 0 spiro atoms. The van der Waals surface area contributed by atoms with Gasteiger partial charge in [0.25, 0.3) is 0 Å². The van der Waals surface area contributed by atoms with E-state index in [0.29, 0.717) is 18.1 Å². The first kappa shape index (κ1) is 22.2. The predicted octanol–water partition coefficient (Wildman–Crippen LogP) is 3.45. The Morgan fingerprint density at radius 3 is 2.62 bits per heavy atom. The van der Waals surface area contributed by atoms with Crippen molar-refractivity contribution >= 4 is 28.8 Å². The van der Waals surface area contributed by atoms with Crippen LogP contribution < -0.4 is 15.8 Å². The maximum absolute atomic E-state index is 12.9. The van der Waals surface area contributed by atoms with Crippen molar-refractivity contribution in [1.82, 2.24) is 24.5 Å². The molecule has 4 heterocycles. The predicted molar refractivity (Wildman–Crippen MR) is 132 cm³/mol. The van der Waals surface area contributed by atoms with Gasteiger partial charge in [0.15, 0.2) is 5.82 Å². The number of amides is 1. The van der Waals surface area contributed by atoms with Crippen molar-refractivity contribution in [2.24, 2.45) is 13.0 Å². The van der Waals surface area contributed by atoms with Crippen molar-refractivity contribution in [3.63, 3.8) is 0 Å². The van der Waals surface area contributed by atoms with Crippen LogP contribution in [-0.2, 0) is 11.8 Å². The van der Waals surface area contributed by atoms with Crippen LogP contribution in [0.3, 0.4) is 0 Å². The Hall–Kier alpha value is -3.65. The zero-order chi connectivity index (χ0) is 23.8. The fourth-order valence-corrected chi connectivity index (χ4v) is 4.43. The van der Waals surface area contributed by atoms with E-state index in [1.807, 2.05) is 36.5 Å². The van der Waals surface area contributed by atoms with E-state index in [-0.39, 0.29) is 23.4 Å². The molecule has 4 aromatic rings. The molecular weight excluding hydrogens is 452 g/mol. The standard InChI is InChI=1S/C25H25ClN6O2/c1-3-21(16-4-7-20(26)8-5-16)29-25(34)19-12-31(13-19)24-22-10-18(14-32(22)28-15-27-24)17-6-9-23(33)30(2)11-17/h4-11,14-15,19,21H,3,12-13H2,1-2H3,(H,29,34)/t21-/m0/s1. The molecule has 3 aromatic heterocycles. The van der Waals surface area contributed by atoms with Gasteiger partial charge in [0.2, 0.25) is 11.5 Å². The lowest BCUT2D eigenvalue weighted by molar-refractivity contribution is -0.126. The summed E-state index contributed by atoms with van der Waals surface area (Å²) in [5.74, 6) is 0.735. The van der Waals surface area contributed by atoms with Gasteiger partial charge in [0.1, 0.15) is 11.8 Å². The fourth-order valence-electron chi connectivity index (χ4n) is 4.31. The van der Waals surface area contributed by atoms with Crippen LogP contribution >= 0.6 is 11.6 Å². The van der Waals surface area contributed by atoms with Gasteiger partial charge in [-0.3, -0.25) is 9.59 Å². The molecule has 0 saturated carbocycles. The third-order valence-electron chi connectivity index (χ3n) is 6.35. The Balaban J connectivity index is 1.30. The number of aromatic nitrogens is 4. The molecule has 0 radical (unpaired) electrons. The highest BCUT2D eigenvalue weighted by molar-refractivity contribution is 6.30. The van der Waals surface area contributed by atoms with Crippen molar-refractivity contribution in [2.75, 3.05) is 18.0 Å². The van der Waals surface area contributed by atoms with Crippen molar-refractivity contribution < 1.29 is 4.79 Å². The molecule has 1 amide bonds. The number of carbonyl (C=O) groups excluding carboxylic acids is 1. The molecular formula is C25H25ClN6O2. The van der Waals surface area contributed by atoms with Gasteiger partial charge in [0.05, 0.1) is 12.0 Å². The lowest BCUT2D eigenvalue weighted by atomic mass is 9.97. The molecule has 8 nitrogen and oxygen atoms in total. The molecule has 1 aromatic carbocycles. The first-order valence-electron chi connectivity index (χ1n) is 11.2. The Bertz CT molecular complexity index is 1410. The molecule has 174 valence electrons. The van der Waals surface area contributed by atoms with Gasteiger partial charge in [-0.15, -0.1) is 0 Å². The molecule has 0 unspecified atom stereocenters. The van der Waals surface area contributed by atoms with Crippen LogP contribution in [0.2, 0.25) is 5.02 Å². The van der Waals surface area contributed by atoms with Crippen molar-refractivity contribution in [1.29, 1.82) is 0 Å². The number of hydrogen-bond acceptors (Lipinski definition) is 5. The molecule has 0 bridgehead atoms. The Kier molecular flexibility index (Phi) is 5.83. The van der Waals surface area contributed by atoms with Crippen molar-refractivity contribution in [3.05, 3.63) is 82.1 Å². The maximum atomic E-state index is 12.9. The lowest BCUT2D eigenvalue weighted by Crippen LogP contribution is -2.54. The van der Waals surface area contributed by atoms with Gasteiger partial charge < -0.3 is 14.8 Å². The topological polar surface area (TPSA) is 84.5 Å². The van der Waals surface area contributed by atoms with Crippen LogP contribution in [0.5, 0.6) is 0 Å². The van der Waals surface area contributed by atoms with E-state index in [9.17, 15) is 9.59 Å². The van der Waals surface area contributed by atoms with Gasteiger partial charge in [-0.1, -0.05) is 30.7 Å². The number of rotatable bonds is 6. The second kappa shape index (κ2) is 8.95. The zero-order valence-corrected chi connectivity index (χ0v) is 19.7. The van der Waals surface area contributed by atoms with Gasteiger partial charge in [0, 0.05) is 49.2 Å². The normalized spacial score (nSPS) is 14.7. The quantitative estimate of drug-likeness (QED) is 0.460. The van der Waals surface area contributed by atoms with E-state index in [0.717, 1.165) is 34.4 Å². The van der Waals surface area contributed by atoms with Gasteiger partial charge in [-0.2, -0.15) is 5.10 Å². The highest BCUT2D eigenvalue weighted by atomic mass is 35.5. The summed E-state index contributed by atoms with van der Waals surface area (Å²) in [4.78, 5) is 31.2. The van der Waals surface area contributed by atoms with Crippen LogP contribution in [0.15, 0.2) is 66.0 Å². The second-order valence-electron chi connectivity index (χ2n) is 8.63. The number of aryl methyl sites for hydroxylation is 1. The lowest BCUT2D eigenvalue weighted by Gasteiger charge is -2.39. The Morgan fingerprint density at radius 2 is 1.91 bits per heavy atom. The fraction of sp³-hybridized carbons (Fsp3) is 0.280. The van der Waals surface area contributed by atoms with Gasteiger partial charge >= 0.3 is 0 Å². The van der Waals surface area contributed by atoms with E-state index in [1.165, 1.54) is 6.33 Å². The summed E-state index contributed by atoms with van der Waals surface area (Å²) >= 11 is 5.99. The van der Waals surface area contributed by atoms with E-state index in [2.05, 4.69) is 27.2 Å². The van der Waals surface area contributed by atoms with Crippen LogP contribution in [0.25, 0.3) is 16.6 Å². The third-order valence-corrected chi connectivity index (χ3v) is 6.61. The highest BCUT2D eigenvalue weighted by Gasteiger charge is 2.35. The smallest absolute Gasteiger partial charge is 0.250 e. The minimum Gasteiger partial charge on any atom is -0.353 e. The third kappa shape index (κ3) is 4.17. The maximum Gasteiger partial charge on any atom is 0.250 e. The summed E-state index contributed by atoms with van der Waals surface area (Å²) in [6, 6.07) is 12.9. The molecule has 5 rings (SSSR count). The number of nitrogens with zero attached hydrogens (tertiary/aromatic N) is 5. The second-order valence-corrected chi connectivity index (χ2v) is 9.07. The van der Waals surface area contributed by atoms with Crippen molar-refractivity contribution in [3.8, 4) is 11.1 Å². The monoisotopic (exact) mass is 476 g/mol. The van der Waals surface area contributed by atoms with Gasteiger partial charge in [-0.05, 0) is 41.8 Å². The largest absolute Gasteiger partial charge is 0.353 e. The summed E-state index contributed by atoms with van der Waals surface area (Å²) in [7, 11) is 1.73. The van der Waals surface area contributed by atoms with E-state index in [4.69, 9.17) is 11.6 Å². The van der Waals surface area contributed by atoms with Crippen LogP contribution in [0.4, 0.5) is 5.82 Å². The summed E-state index contributed by atoms with van der Waals surface area (Å²) in [6.45, 7) is 3.24. The van der Waals surface area contributed by atoms with Crippen LogP contribution in [-0.4, -0.2) is 38.2 Å². The minimum absolute atomic E-state index is 0.0420. The summed E-state index contributed by atoms with van der Waals surface area (Å²) in [6.07, 6.45) is 6.05. The minimum atomic E-state index is -0.102. The zero-order valence-electron chi connectivity index (χ0n) is 19.0. The number of fused-ring (bicyclic) bond motifs is 1. The number of carbonyl (C=O) groups is 1. The number of nitrogens with one attached hydrogen (secondary N) is 1.